The van der Waals surface area contributed by atoms with Crippen molar-refractivity contribution in [1.82, 2.24) is 19.6 Å². The van der Waals surface area contributed by atoms with Gasteiger partial charge in [0.2, 0.25) is 0 Å². The minimum atomic E-state index is -0.205. The first-order valence-corrected chi connectivity index (χ1v) is 7.73. The molecular formula is C17H20N4O2. The molecule has 1 aromatic heterocycles. The van der Waals surface area contributed by atoms with E-state index in [4.69, 9.17) is 0 Å². The van der Waals surface area contributed by atoms with Gasteiger partial charge in [-0.1, -0.05) is 30.3 Å². The molecule has 120 valence electrons. The summed E-state index contributed by atoms with van der Waals surface area (Å²) in [6.07, 6.45) is 0. The second-order valence-corrected chi connectivity index (χ2v) is 5.80. The molecule has 1 aromatic carbocycles. The van der Waals surface area contributed by atoms with Crippen molar-refractivity contribution in [2.75, 3.05) is 33.2 Å². The van der Waals surface area contributed by atoms with Crippen LogP contribution in [0.4, 0.5) is 0 Å². The van der Waals surface area contributed by atoms with Crippen LogP contribution in [0.3, 0.4) is 0 Å². The summed E-state index contributed by atoms with van der Waals surface area (Å²) >= 11 is 0. The van der Waals surface area contributed by atoms with Gasteiger partial charge >= 0.3 is 0 Å². The number of aromatic nitrogens is 2. The molecule has 6 heteroatoms. The molecule has 1 aliphatic rings. The van der Waals surface area contributed by atoms with Gasteiger partial charge in [0.15, 0.2) is 0 Å². The van der Waals surface area contributed by atoms with E-state index in [0.29, 0.717) is 25.3 Å². The highest BCUT2D eigenvalue weighted by atomic mass is 16.2. The normalized spacial score (nSPS) is 15.6. The average molecular weight is 312 g/mol. The number of carbonyl (C=O) groups is 1. The molecule has 1 saturated heterocycles. The lowest BCUT2D eigenvalue weighted by Gasteiger charge is -2.32. The summed E-state index contributed by atoms with van der Waals surface area (Å²) in [4.78, 5) is 28.5. The summed E-state index contributed by atoms with van der Waals surface area (Å²) in [5.74, 6) is -0.111. The zero-order valence-electron chi connectivity index (χ0n) is 13.2. The van der Waals surface area contributed by atoms with Crippen molar-refractivity contribution < 1.29 is 4.79 Å². The van der Waals surface area contributed by atoms with Gasteiger partial charge in [-0.25, -0.2) is 4.68 Å². The second-order valence-electron chi connectivity index (χ2n) is 5.80. The third-order valence-electron chi connectivity index (χ3n) is 4.05. The zero-order valence-corrected chi connectivity index (χ0v) is 13.2. The highest BCUT2D eigenvalue weighted by Crippen LogP contribution is 2.06. The van der Waals surface area contributed by atoms with Crippen LogP contribution in [0, 0.1) is 0 Å². The van der Waals surface area contributed by atoms with Crippen molar-refractivity contribution in [3.63, 3.8) is 0 Å². The van der Waals surface area contributed by atoms with Gasteiger partial charge in [-0.05, 0) is 18.7 Å². The third kappa shape index (κ3) is 3.65. The number of amides is 1. The lowest BCUT2D eigenvalue weighted by Crippen LogP contribution is -2.47. The van der Waals surface area contributed by atoms with Crippen LogP contribution in [0.2, 0.25) is 0 Å². The Morgan fingerprint density at radius 2 is 1.74 bits per heavy atom. The van der Waals surface area contributed by atoms with Gasteiger partial charge in [-0.2, -0.15) is 5.10 Å². The Labute approximate surface area is 134 Å². The average Bonchev–Trinajstić information content (AvgIpc) is 2.58. The van der Waals surface area contributed by atoms with E-state index in [9.17, 15) is 9.59 Å². The minimum absolute atomic E-state index is 0.111. The number of likely N-dealkylation sites (N-methyl/N-ethyl adjacent to an activating group) is 1. The van der Waals surface area contributed by atoms with Crippen LogP contribution in [-0.4, -0.2) is 58.7 Å². The van der Waals surface area contributed by atoms with E-state index in [1.807, 2.05) is 37.4 Å². The van der Waals surface area contributed by atoms with Crippen LogP contribution in [-0.2, 0) is 6.54 Å². The number of carbonyl (C=O) groups excluding carboxylic acids is 1. The molecule has 1 fully saturated rings. The van der Waals surface area contributed by atoms with Gasteiger partial charge in [0.25, 0.3) is 11.5 Å². The molecule has 0 saturated carbocycles. The predicted octanol–water partition coefficient (Wildman–Crippen LogP) is 0.679. The quantitative estimate of drug-likeness (QED) is 0.836. The topological polar surface area (TPSA) is 58.4 Å². The highest BCUT2D eigenvalue weighted by Gasteiger charge is 2.21. The maximum atomic E-state index is 12.6. The van der Waals surface area contributed by atoms with E-state index in [1.165, 1.54) is 16.8 Å². The van der Waals surface area contributed by atoms with Crippen molar-refractivity contribution in [2.24, 2.45) is 0 Å². The fourth-order valence-electron chi connectivity index (χ4n) is 2.60. The summed E-state index contributed by atoms with van der Waals surface area (Å²) in [6.45, 7) is 3.46. The Hall–Kier alpha value is -2.47. The van der Waals surface area contributed by atoms with E-state index in [-0.39, 0.29) is 11.5 Å². The van der Waals surface area contributed by atoms with Crippen LogP contribution in [0.1, 0.15) is 16.1 Å². The molecule has 0 N–H and O–H groups in total. The molecule has 6 nitrogen and oxygen atoms in total. The Morgan fingerprint density at radius 3 is 2.43 bits per heavy atom. The molecular weight excluding hydrogens is 292 g/mol. The Bertz CT molecular complexity index is 734. The molecule has 0 unspecified atom stereocenters. The molecule has 2 aromatic rings. The summed E-state index contributed by atoms with van der Waals surface area (Å²) in [7, 11) is 2.04. The summed E-state index contributed by atoms with van der Waals surface area (Å²) in [6, 6.07) is 12.6. The lowest BCUT2D eigenvalue weighted by molar-refractivity contribution is 0.0655. The summed E-state index contributed by atoms with van der Waals surface area (Å²) < 4.78 is 1.35. The van der Waals surface area contributed by atoms with Crippen LogP contribution in [0.5, 0.6) is 0 Å². The maximum Gasteiger partial charge on any atom is 0.274 e. The smallest absolute Gasteiger partial charge is 0.274 e. The zero-order chi connectivity index (χ0) is 16.2. The number of benzene rings is 1. The first-order valence-electron chi connectivity index (χ1n) is 7.73. The molecule has 0 aliphatic carbocycles. The van der Waals surface area contributed by atoms with E-state index >= 15 is 0 Å². The van der Waals surface area contributed by atoms with Gasteiger partial charge in [0, 0.05) is 32.2 Å². The van der Waals surface area contributed by atoms with Crippen molar-refractivity contribution >= 4 is 5.91 Å². The minimum Gasteiger partial charge on any atom is -0.335 e. The van der Waals surface area contributed by atoms with E-state index in [1.54, 1.807) is 4.90 Å². The van der Waals surface area contributed by atoms with Gasteiger partial charge in [0.1, 0.15) is 5.69 Å². The van der Waals surface area contributed by atoms with Gasteiger partial charge in [-0.3, -0.25) is 9.59 Å². The molecule has 0 radical (unpaired) electrons. The number of rotatable bonds is 3. The number of piperazine rings is 1. The highest BCUT2D eigenvalue weighted by molar-refractivity contribution is 5.92. The molecule has 0 atom stereocenters. The van der Waals surface area contributed by atoms with E-state index in [2.05, 4.69) is 10.00 Å². The van der Waals surface area contributed by atoms with Gasteiger partial charge in [-0.15, -0.1) is 0 Å². The predicted molar refractivity (Wildman–Crippen MR) is 87.4 cm³/mol. The summed E-state index contributed by atoms with van der Waals surface area (Å²) in [5.41, 5.74) is 1.10. The Balaban J connectivity index is 1.80. The van der Waals surface area contributed by atoms with Crippen molar-refractivity contribution in [2.45, 2.75) is 6.54 Å². The van der Waals surface area contributed by atoms with Crippen molar-refractivity contribution in [3.8, 4) is 0 Å². The van der Waals surface area contributed by atoms with Crippen LogP contribution < -0.4 is 5.56 Å². The van der Waals surface area contributed by atoms with Gasteiger partial charge < -0.3 is 9.80 Å². The Morgan fingerprint density at radius 1 is 1.04 bits per heavy atom. The second kappa shape index (κ2) is 6.75. The first-order chi connectivity index (χ1) is 11.1. The third-order valence-corrected chi connectivity index (χ3v) is 4.05. The molecule has 1 amide bonds. The molecule has 23 heavy (non-hydrogen) atoms. The molecule has 3 rings (SSSR count). The van der Waals surface area contributed by atoms with Crippen molar-refractivity contribution in [3.05, 3.63) is 64.1 Å². The number of nitrogens with zero attached hydrogens (tertiary/aromatic N) is 4. The SMILES string of the molecule is CN1CCN(C(=O)c2ccc(=O)n(Cc3ccccc3)n2)CC1. The Kier molecular flexibility index (Phi) is 4.52. The van der Waals surface area contributed by atoms with Crippen LogP contribution in [0.25, 0.3) is 0 Å². The van der Waals surface area contributed by atoms with E-state index < -0.39 is 0 Å². The molecule has 0 spiro atoms. The molecule has 0 bridgehead atoms. The van der Waals surface area contributed by atoms with Crippen molar-refractivity contribution in [1.29, 1.82) is 0 Å². The fourth-order valence-corrected chi connectivity index (χ4v) is 2.60. The summed E-state index contributed by atoms with van der Waals surface area (Å²) in [5, 5.41) is 4.26. The van der Waals surface area contributed by atoms with Crippen LogP contribution in [0.15, 0.2) is 47.3 Å². The lowest BCUT2D eigenvalue weighted by atomic mass is 10.2. The van der Waals surface area contributed by atoms with Gasteiger partial charge in [0.05, 0.1) is 6.54 Å². The maximum absolute atomic E-state index is 12.6. The van der Waals surface area contributed by atoms with E-state index in [0.717, 1.165) is 18.7 Å². The largest absolute Gasteiger partial charge is 0.335 e. The molecule has 1 aliphatic heterocycles. The fraction of sp³-hybridized carbons (Fsp3) is 0.353. The molecule has 2 heterocycles. The monoisotopic (exact) mass is 312 g/mol. The first kappa shape index (κ1) is 15.4. The number of hydrogen-bond donors (Lipinski definition) is 0. The number of hydrogen-bond acceptors (Lipinski definition) is 4. The standard InChI is InChI=1S/C17H20N4O2/c1-19-9-11-20(12-10-19)17(23)15-7-8-16(22)21(18-15)13-14-5-3-2-4-6-14/h2-8H,9-13H2,1H3. The van der Waals surface area contributed by atoms with Crippen LogP contribution >= 0.6 is 0 Å².